The summed E-state index contributed by atoms with van der Waals surface area (Å²) in [4.78, 5) is 11.2. The fourth-order valence-electron chi connectivity index (χ4n) is 1.45. The van der Waals surface area contributed by atoms with Crippen LogP contribution < -0.4 is 15.2 Å². The molecule has 0 aromatic heterocycles. The van der Waals surface area contributed by atoms with Crippen LogP contribution in [0.3, 0.4) is 0 Å². The molecular formula is C11H15NO4. The molecule has 3 N–H and O–H groups in total. The van der Waals surface area contributed by atoms with Crippen LogP contribution in [-0.2, 0) is 0 Å². The third kappa shape index (κ3) is 2.03. The first-order valence-corrected chi connectivity index (χ1v) is 4.86. The molecule has 0 spiro atoms. The standard InChI is InChI=1S/C11H15NO4/c1-4-16-10-6(2)7(11(12)14)5-8(15-3)9(10)13/h5,13H,4H2,1-3H3,(H2,12,14). The second kappa shape index (κ2) is 4.74. The van der Waals surface area contributed by atoms with Gasteiger partial charge in [0.1, 0.15) is 0 Å². The van der Waals surface area contributed by atoms with Gasteiger partial charge in [-0.15, -0.1) is 0 Å². The van der Waals surface area contributed by atoms with E-state index < -0.39 is 5.91 Å². The molecule has 0 atom stereocenters. The molecule has 1 aromatic rings. The van der Waals surface area contributed by atoms with Gasteiger partial charge in [0.05, 0.1) is 13.7 Å². The zero-order valence-corrected chi connectivity index (χ0v) is 9.53. The molecule has 0 aliphatic heterocycles. The molecule has 0 saturated heterocycles. The highest BCUT2D eigenvalue weighted by Gasteiger charge is 2.19. The lowest BCUT2D eigenvalue weighted by atomic mass is 10.1. The van der Waals surface area contributed by atoms with Crippen LogP contribution in [0.15, 0.2) is 6.07 Å². The van der Waals surface area contributed by atoms with Crippen molar-refractivity contribution in [3.05, 3.63) is 17.2 Å². The van der Waals surface area contributed by atoms with Crippen molar-refractivity contribution in [1.82, 2.24) is 0 Å². The summed E-state index contributed by atoms with van der Waals surface area (Å²) in [5.74, 6) is -0.304. The van der Waals surface area contributed by atoms with Crippen molar-refractivity contribution in [2.24, 2.45) is 5.73 Å². The Morgan fingerprint density at radius 1 is 1.56 bits per heavy atom. The Hall–Kier alpha value is -1.91. The van der Waals surface area contributed by atoms with Crippen LogP contribution in [-0.4, -0.2) is 24.7 Å². The third-order valence-corrected chi connectivity index (χ3v) is 2.24. The Balaban J connectivity index is 3.44. The molecule has 1 amide bonds. The number of methoxy groups -OCH3 is 1. The molecule has 5 nitrogen and oxygen atoms in total. The van der Waals surface area contributed by atoms with E-state index in [0.717, 1.165) is 0 Å². The van der Waals surface area contributed by atoms with E-state index >= 15 is 0 Å². The molecule has 0 bridgehead atoms. The molecule has 1 rings (SSSR count). The van der Waals surface area contributed by atoms with E-state index in [1.165, 1.54) is 13.2 Å². The maximum atomic E-state index is 11.2. The topological polar surface area (TPSA) is 81.8 Å². The van der Waals surface area contributed by atoms with Crippen LogP contribution in [0, 0.1) is 6.92 Å². The molecule has 0 radical (unpaired) electrons. The molecule has 0 heterocycles. The summed E-state index contributed by atoms with van der Waals surface area (Å²) < 4.78 is 10.2. The maximum Gasteiger partial charge on any atom is 0.249 e. The number of aromatic hydroxyl groups is 1. The lowest BCUT2D eigenvalue weighted by Gasteiger charge is -2.14. The van der Waals surface area contributed by atoms with Gasteiger partial charge >= 0.3 is 0 Å². The van der Waals surface area contributed by atoms with E-state index in [1.54, 1.807) is 13.8 Å². The molecule has 0 aliphatic carbocycles. The fraction of sp³-hybridized carbons (Fsp3) is 0.364. The van der Waals surface area contributed by atoms with Crippen LogP contribution in [0.2, 0.25) is 0 Å². The number of carbonyl (C=O) groups is 1. The van der Waals surface area contributed by atoms with Gasteiger partial charge in [-0.3, -0.25) is 4.79 Å². The molecule has 5 heteroatoms. The predicted molar refractivity (Wildman–Crippen MR) is 59.1 cm³/mol. The molecule has 0 unspecified atom stereocenters. The molecular weight excluding hydrogens is 210 g/mol. The first-order chi connectivity index (χ1) is 7.52. The van der Waals surface area contributed by atoms with Crippen molar-refractivity contribution in [2.75, 3.05) is 13.7 Å². The van der Waals surface area contributed by atoms with E-state index in [1.807, 2.05) is 0 Å². The summed E-state index contributed by atoms with van der Waals surface area (Å²) in [5, 5.41) is 9.80. The number of phenols is 1. The van der Waals surface area contributed by atoms with Crippen LogP contribution in [0.4, 0.5) is 0 Å². The van der Waals surface area contributed by atoms with Gasteiger partial charge in [0.15, 0.2) is 11.5 Å². The number of nitrogens with two attached hydrogens (primary N) is 1. The summed E-state index contributed by atoms with van der Waals surface area (Å²) in [6, 6.07) is 1.40. The van der Waals surface area contributed by atoms with Crippen molar-refractivity contribution >= 4 is 5.91 Å². The average Bonchev–Trinajstić information content (AvgIpc) is 2.24. The van der Waals surface area contributed by atoms with Crippen LogP contribution >= 0.6 is 0 Å². The number of ether oxygens (including phenoxy) is 2. The third-order valence-electron chi connectivity index (χ3n) is 2.24. The molecule has 1 aromatic carbocycles. The summed E-state index contributed by atoms with van der Waals surface area (Å²) in [6.45, 7) is 3.81. The first-order valence-electron chi connectivity index (χ1n) is 4.86. The lowest BCUT2D eigenvalue weighted by Crippen LogP contribution is -2.14. The first kappa shape index (κ1) is 12.2. The minimum atomic E-state index is -0.586. The summed E-state index contributed by atoms with van der Waals surface area (Å²) in [6.07, 6.45) is 0. The Morgan fingerprint density at radius 2 is 2.19 bits per heavy atom. The smallest absolute Gasteiger partial charge is 0.249 e. The summed E-state index contributed by atoms with van der Waals surface area (Å²) >= 11 is 0. The highest BCUT2D eigenvalue weighted by Crippen LogP contribution is 2.40. The van der Waals surface area contributed by atoms with Gasteiger partial charge in [0, 0.05) is 11.1 Å². The van der Waals surface area contributed by atoms with Gasteiger partial charge in [0.25, 0.3) is 0 Å². The van der Waals surface area contributed by atoms with E-state index in [2.05, 4.69) is 0 Å². The van der Waals surface area contributed by atoms with E-state index in [9.17, 15) is 9.90 Å². The zero-order chi connectivity index (χ0) is 12.3. The van der Waals surface area contributed by atoms with E-state index in [-0.39, 0.29) is 22.8 Å². The van der Waals surface area contributed by atoms with Gasteiger partial charge in [-0.05, 0) is 19.9 Å². The zero-order valence-electron chi connectivity index (χ0n) is 9.53. The molecule has 0 saturated carbocycles. The lowest BCUT2D eigenvalue weighted by molar-refractivity contribution is 0.0998. The van der Waals surface area contributed by atoms with Crippen molar-refractivity contribution < 1.29 is 19.4 Å². The monoisotopic (exact) mass is 225 g/mol. The van der Waals surface area contributed by atoms with Crippen molar-refractivity contribution in [2.45, 2.75) is 13.8 Å². The van der Waals surface area contributed by atoms with Crippen LogP contribution in [0.5, 0.6) is 17.2 Å². The van der Waals surface area contributed by atoms with Gasteiger partial charge in [0.2, 0.25) is 11.7 Å². The second-order valence-corrected chi connectivity index (χ2v) is 3.23. The SMILES string of the molecule is CCOc1c(C)c(C(N)=O)cc(OC)c1O. The minimum Gasteiger partial charge on any atom is -0.502 e. The Kier molecular flexibility index (Phi) is 3.60. The minimum absolute atomic E-state index is 0.119. The number of rotatable bonds is 4. The van der Waals surface area contributed by atoms with E-state index in [0.29, 0.717) is 12.2 Å². The molecule has 88 valence electrons. The highest BCUT2D eigenvalue weighted by atomic mass is 16.5. The van der Waals surface area contributed by atoms with Gasteiger partial charge in [-0.2, -0.15) is 0 Å². The second-order valence-electron chi connectivity index (χ2n) is 3.23. The highest BCUT2D eigenvalue weighted by molar-refractivity contribution is 5.96. The summed E-state index contributed by atoms with van der Waals surface area (Å²) in [7, 11) is 1.39. The number of benzene rings is 1. The quantitative estimate of drug-likeness (QED) is 0.806. The molecule has 0 aliphatic rings. The van der Waals surface area contributed by atoms with Crippen molar-refractivity contribution in [3.63, 3.8) is 0 Å². The van der Waals surface area contributed by atoms with Crippen LogP contribution in [0.25, 0.3) is 0 Å². The Labute approximate surface area is 93.8 Å². The van der Waals surface area contributed by atoms with E-state index in [4.69, 9.17) is 15.2 Å². The van der Waals surface area contributed by atoms with Gasteiger partial charge in [-0.25, -0.2) is 0 Å². The number of hydrogen-bond acceptors (Lipinski definition) is 4. The summed E-state index contributed by atoms with van der Waals surface area (Å²) in [5.41, 5.74) is 6.00. The average molecular weight is 225 g/mol. The normalized spacial score (nSPS) is 9.94. The Morgan fingerprint density at radius 3 is 2.62 bits per heavy atom. The number of amides is 1. The number of carbonyl (C=O) groups excluding carboxylic acids is 1. The number of phenolic OH excluding ortho intramolecular Hbond substituents is 1. The van der Waals surface area contributed by atoms with Crippen LogP contribution in [0.1, 0.15) is 22.8 Å². The largest absolute Gasteiger partial charge is 0.502 e. The maximum absolute atomic E-state index is 11.2. The fourth-order valence-corrected chi connectivity index (χ4v) is 1.45. The van der Waals surface area contributed by atoms with Gasteiger partial charge < -0.3 is 20.3 Å². The van der Waals surface area contributed by atoms with Crippen molar-refractivity contribution in [1.29, 1.82) is 0 Å². The van der Waals surface area contributed by atoms with Gasteiger partial charge in [-0.1, -0.05) is 0 Å². The molecule has 0 fully saturated rings. The molecule has 16 heavy (non-hydrogen) atoms. The predicted octanol–water partition coefficient (Wildman–Crippen LogP) is 1.21. The number of primary amides is 1. The number of hydrogen-bond donors (Lipinski definition) is 2. The Bertz CT molecular complexity index is 415. The van der Waals surface area contributed by atoms with Crippen molar-refractivity contribution in [3.8, 4) is 17.2 Å².